The molecular weight excluding hydrogens is 206 g/mol. The molecule has 0 aliphatic carbocycles. The van der Waals surface area contributed by atoms with Crippen molar-refractivity contribution in [2.75, 3.05) is 32.9 Å². The molecule has 1 heterocycles. The molecule has 0 N–H and O–H groups in total. The maximum atomic E-state index is 11.6. The first-order chi connectivity index (χ1) is 7.79. The van der Waals surface area contributed by atoms with Gasteiger partial charge in [-0.1, -0.05) is 6.92 Å². The molecule has 0 saturated carbocycles. The normalized spacial score (nSPS) is 21.2. The summed E-state index contributed by atoms with van der Waals surface area (Å²) in [6.07, 6.45) is 3.05. The van der Waals surface area contributed by atoms with Gasteiger partial charge in [-0.15, -0.1) is 0 Å². The number of nitrogens with zero attached hydrogens (tertiary/aromatic N) is 1. The van der Waals surface area contributed by atoms with E-state index in [9.17, 15) is 4.79 Å². The topological polar surface area (TPSA) is 38.8 Å². The van der Waals surface area contributed by atoms with Gasteiger partial charge in [-0.3, -0.25) is 9.69 Å². The molecule has 1 rings (SSSR count). The molecule has 94 valence electrons. The van der Waals surface area contributed by atoms with Crippen LogP contribution in [0.1, 0.15) is 33.1 Å². The summed E-state index contributed by atoms with van der Waals surface area (Å²) in [6, 6.07) is -0.0369. The Balaban J connectivity index is 2.26. The van der Waals surface area contributed by atoms with Crippen molar-refractivity contribution in [3.8, 4) is 0 Å². The van der Waals surface area contributed by atoms with Crippen LogP contribution in [0.3, 0.4) is 0 Å². The smallest absolute Gasteiger partial charge is 0.323 e. The van der Waals surface area contributed by atoms with Gasteiger partial charge in [-0.25, -0.2) is 0 Å². The molecular formula is C12H23NO3. The van der Waals surface area contributed by atoms with Gasteiger partial charge >= 0.3 is 5.97 Å². The number of carbonyl (C=O) groups is 1. The predicted octanol–water partition coefficient (Wildman–Crippen LogP) is 1.44. The fourth-order valence-corrected chi connectivity index (χ4v) is 2.03. The highest BCUT2D eigenvalue weighted by molar-refractivity contribution is 5.76. The van der Waals surface area contributed by atoms with Crippen molar-refractivity contribution in [2.45, 2.75) is 39.2 Å². The first kappa shape index (κ1) is 13.5. The quantitative estimate of drug-likeness (QED) is 0.489. The summed E-state index contributed by atoms with van der Waals surface area (Å²) in [5.41, 5.74) is 0. The average Bonchev–Trinajstić information content (AvgIpc) is 2.73. The summed E-state index contributed by atoms with van der Waals surface area (Å²) in [7, 11) is 0. The van der Waals surface area contributed by atoms with E-state index in [4.69, 9.17) is 9.47 Å². The van der Waals surface area contributed by atoms with Crippen LogP contribution in [0.4, 0.5) is 0 Å². The first-order valence-corrected chi connectivity index (χ1v) is 6.28. The van der Waals surface area contributed by atoms with E-state index in [-0.39, 0.29) is 12.0 Å². The van der Waals surface area contributed by atoms with E-state index in [2.05, 4.69) is 11.8 Å². The van der Waals surface area contributed by atoms with Crippen molar-refractivity contribution in [3.05, 3.63) is 0 Å². The highest BCUT2D eigenvalue weighted by Gasteiger charge is 2.31. The minimum Gasteiger partial charge on any atom is -0.465 e. The van der Waals surface area contributed by atoms with Gasteiger partial charge in [0.05, 0.1) is 13.2 Å². The van der Waals surface area contributed by atoms with E-state index >= 15 is 0 Å². The molecule has 0 aromatic carbocycles. The number of esters is 1. The minimum atomic E-state index is -0.0736. The van der Waals surface area contributed by atoms with Crippen LogP contribution < -0.4 is 0 Å². The van der Waals surface area contributed by atoms with Crippen LogP contribution in [0.15, 0.2) is 0 Å². The van der Waals surface area contributed by atoms with Crippen molar-refractivity contribution in [1.82, 2.24) is 4.90 Å². The Kier molecular flexibility index (Phi) is 6.42. The number of ether oxygens (including phenoxy) is 2. The molecule has 1 atom stereocenters. The summed E-state index contributed by atoms with van der Waals surface area (Å²) in [6.45, 7) is 7.75. The van der Waals surface area contributed by atoms with Crippen molar-refractivity contribution in [2.24, 2.45) is 0 Å². The molecule has 1 saturated heterocycles. The van der Waals surface area contributed by atoms with Crippen LogP contribution in [0.2, 0.25) is 0 Å². The van der Waals surface area contributed by atoms with Crippen LogP contribution in [-0.2, 0) is 14.3 Å². The molecule has 1 aliphatic heterocycles. The molecule has 1 aliphatic rings. The molecule has 4 heteroatoms. The molecule has 0 aromatic heterocycles. The zero-order valence-electron chi connectivity index (χ0n) is 10.4. The van der Waals surface area contributed by atoms with Gasteiger partial charge in [-0.05, 0) is 32.7 Å². The zero-order chi connectivity index (χ0) is 11.8. The molecule has 16 heavy (non-hydrogen) atoms. The lowest BCUT2D eigenvalue weighted by atomic mass is 10.2. The molecule has 0 amide bonds. The second-order valence-electron chi connectivity index (χ2n) is 4.06. The van der Waals surface area contributed by atoms with Gasteiger partial charge in [0.2, 0.25) is 0 Å². The number of likely N-dealkylation sites (tertiary alicyclic amines) is 1. The van der Waals surface area contributed by atoms with E-state index in [1.807, 2.05) is 6.92 Å². The summed E-state index contributed by atoms with van der Waals surface area (Å²) in [5, 5.41) is 0. The van der Waals surface area contributed by atoms with Gasteiger partial charge in [0.15, 0.2) is 0 Å². The van der Waals surface area contributed by atoms with Gasteiger partial charge in [0, 0.05) is 13.2 Å². The molecule has 1 fully saturated rings. The third-order valence-corrected chi connectivity index (χ3v) is 2.79. The van der Waals surface area contributed by atoms with E-state index in [0.29, 0.717) is 13.2 Å². The summed E-state index contributed by atoms with van der Waals surface area (Å²) in [4.78, 5) is 13.8. The second-order valence-corrected chi connectivity index (χ2v) is 4.06. The Bertz CT molecular complexity index is 208. The number of rotatable bonds is 7. The number of carbonyl (C=O) groups excluding carboxylic acids is 1. The van der Waals surface area contributed by atoms with Crippen molar-refractivity contribution in [3.63, 3.8) is 0 Å². The largest absolute Gasteiger partial charge is 0.465 e. The van der Waals surface area contributed by atoms with E-state index in [0.717, 1.165) is 39.0 Å². The highest BCUT2D eigenvalue weighted by atomic mass is 16.5. The lowest BCUT2D eigenvalue weighted by Crippen LogP contribution is -2.39. The predicted molar refractivity (Wildman–Crippen MR) is 62.3 cm³/mol. The third-order valence-electron chi connectivity index (χ3n) is 2.79. The summed E-state index contributed by atoms with van der Waals surface area (Å²) < 4.78 is 10.5. The zero-order valence-corrected chi connectivity index (χ0v) is 10.4. The molecule has 0 spiro atoms. The van der Waals surface area contributed by atoms with Crippen molar-refractivity contribution >= 4 is 5.97 Å². The van der Waals surface area contributed by atoms with Gasteiger partial charge in [0.25, 0.3) is 0 Å². The average molecular weight is 229 g/mol. The maximum absolute atomic E-state index is 11.6. The molecule has 0 bridgehead atoms. The Labute approximate surface area is 97.9 Å². The van der Waals surface area contributed by atoms with Crippen LogP contribution in [0.25, 0.3) is 0 Å². The monoisotopic (exact) mass is 229 g/mol. The highest BCUT2D eigenvalue weighted by Crippen LogP contribution is 2.17. The second kappa shape index (κ2) is 7.63. The Morgan fingerprint density at radius 1 is 1.38 bits per heavy atom. The van der Waals surface area contributed by atoms with E-state index in [1.54, 1.807) is 0 Å². The molecule has 1 unspecified atom stereocenters. The fourth-order valence-electron chi connectivity index (χ4n) is 2.03. The Morgan fingerprint density at radius 2 is 2.19 bits per heavy atom. The fraction of sp³-hybridized carbons (Fsp3) is 0.917. The summed E-state index contributed by atoms with van der Waals surface area (Å²) in [5.74, 6) is -0.0736. The molecule has 0 aromatic rings. The van der Waals surface area contributed by atoms with E-state index < -0.39 is 0 Å². The maximum Gasteiger partial charge on any atom is 0.323 e. The van der Waals surface area contributed by atoms with Crippen molar-refractivity contribution in [1.29, 1.82) is 0 Å². The van der Waals surface area contributed by atoms with Gasteiger partial charge in [0.1, 0.15) is 6.04 Å². The molecule has 0 radical (unpaired) electrons. The number of hydrogen-bond donors (Lipinski definition) is 0. The molecule has 4 nitrogen and oxygen atoms in total. The summed E-state index contributed by atoms with van der Waals surface area (Å²) >= 11 is 0. The SMILES string of the molecule is CCCOCCN1CCCC1C(=O)OCC. The van der Waals surface area contributed by atoms with Crippen LogP contribution in [0.5, 0.6) is 0 Å². The lowest BCUT2D eigenvalue weighted by molar-refractivity contribution is -0.148. The Morgan fingerprint density at radius 3 is 2.88 bits per heavy atom. The third kappa shape index (κ3) is 4.10. The van der Waals surface area contributed by atoms with Crippen LogP contribution >= 0.6 is 0 Å². The van der Waals surface area contributed by atoms with Crippen molar-refractivity contribution < 1.29 is 14.3 Å². The van der Waals surface area contributed by atoms with E-state index in [1.165, 1.54) is 0 Å². The van der Waals surface area contributed by atoms with Gasteiger partial charge in [-0.2, -0.15) is 0 Å². The minimum absolute atomic E-state index is 0.0369. The van der Waals surface area contributed by atoms with Crippen LogP contribution in [0, 0.1) is 0 Å². The lowest BCUT2D eigenvalue weighted by Gasteiger charge is -2.22. The van der Waals surface area contributed by atoms with Crippen LogP contribution in [-0.4, -0.2) is 49.8 Å². The standard InChI is InChI=1S/C12H23NO3/c1-3-9-15-10-8-13-7-5-6-11(13)12(14)16-4-2/h11H,3-10H2,1-2H3. The first-order valence-electron chi connectivity index (χ1n) is 6.28. The Hall–Kier alpha value is -0.610. The number of hydrogen-bond acceptors (Lipinski definition) is 4. The van der Waals surface area contributed by atoms with Gasteiger partial charge < -0.3 is 9.47 Å².